The molecule has 238 valence electrons. The smallest absolute Gasteiger partial charge is 0.408 e. The summed E-state index contributed by atoms with van der Waals surface area (Å²) >= 11 is 0. The summed E-state index contributed by atoms with van der Waals surface area (Å²) in [7, 11) is 0. The molecule has 3 amide bonds. The molecular formula is C36H49N3O5. The number of para-hydroxylation sites is 1. The quantitative estimate of drug-likeness (QED) is 0.324. The molecule has 2 aromatic carbocycles. The van der Waals surface area contributed by atoms with E-state index in [1.54, 1.807) is 0 Å². The summed E-state index contributed by atoms with van der Waals surface area (Å²) in [5.74, 6) is 1.59. The lowest BCUT2D eigenvalue weighted by Crippen LogP contribution is -2.50. The Bertz CT molecular complexity index is 1220. The topological polar surface area (TPSA) is 97.0 Å². The van der Waals surface area contributed by atoms with Gasteiger partial charge in [-0.05, 0) is 68.9 Å². The number of hydrogen-bond acceptors (Lipinski definition) is 5. The summed E-state index contributed by atoms with van der Waals surface area (Å²) in [5.41, 5.74) is 2.36. The van der Waals surface area contributed by atoms with Gasteiger partial charge in [0.25, 0.3) is 0 Å². The summed E-state index contributed by atoms with van der Waals surface area (Å²) in [6, 6.07) is 17.5. The number of hydrogen-bond donors (Lipinski definition) is 2. The van der Waals surface area contributed by atoms with Crippen LogP contribution in [0.2, 0.25) is 0 Å². The minimum atomic E-state index is -0.649. The minimum Gasteiger partial charge on any atom is -0.491 e. The molecule has 0 saturated heterocycles. The highest BCUT2D eigenvalue weighted by Gasteiger charge is 2.30. The van der Waals surface area contributed by atoms with Crippen LogP contribution in [0.3, 0.4) is 0 Å². The number of benzene rings is 2. The number of nitrogens with zero attached hydrogens (tertiary/aromatic N) is 1. The maximum atomic E-state index is 13.5. The summed E-state index contributed by atoms with van der Waals surface area (Å²) in [4.78, 5) is 41.4. The molecule has 3 aliphatic rings. The van der Waals surface area contributed by atoms with Crippen molar-refractivity contribution in [2.24, 2.45) is 5.92 Å². The third-order valence-corrected chi connectivity index (χ3v) is 9.61. The molecule has 1 heterocycles. The van der Waals surface area contributed by atoms with Gasteiger partial charge in [-0.1, -0.05) is 80.6 Å². The van der Waals surface area contributed by atoms with Gasteiger partial charge in [0.15, 0.2) is 0 Å². The van der Waals surface area contributed by atoms with Gasteiger partial charge in [0.2, 0.25) is 11.8 Å². The van der Waals surface area contributed by atoms with Gasteiger partial charge >= 0.3 is 6.09 Å². The maximum absolute atomic E-state index is 13.5. The molecule has 0 aromatic heterocycles. The van der Waals surface area contributed by atoms with Gasteiger partial charge in [-0.25, -0.2) is 4.79 Å². The Morgan fingerprint density at radius 3 is 2.41 bits per heavy atom. The minimum absolute atomic E-state index is 0.0499. The zero-order valence-electron chi connectivity index (χ0n) is 26.2. The molecule has 2 aromatic rings. The Balaban J connectivity index is 1.10. The number of carbonyl (C=O) groups excluding carboxylic acids is 3. The highest BCUT2D eigenvalue weighted by Crippen LogP contribution is 2.34. The van der Waals surface area contributed by atoms with Gasteiger partial charge in [-0.15, -0.1) is 0 Å². The van der Waals surface area contributed by atoms with Crippen LogP contribution in [0.5, 0.6) is 5.75 Å². The van der Waals surface area contributed by atoms with Crippen molar-refractivity contribution in [3.05, 3.63) is 65.7 Å². The van der Waals surface area contributed by atoms with E-state index in [-0.39, 0.29) is 24.0 Å². The summed E-state index contributed by atoms with van der Waals surface area (Å²) < 4.78 is 11.6. The average Bonchev–Trinajstić information content (AvgIpc) is 3.27. The van der Waals surface area contributed by atoms with E-state index in [0.29, 0.717) is 50.8 Å². The molecule has 0 spiro atoms. The first kappa shape index (κ1) is 31.9. The fraction of sp³-hybridized carbons (Fsp3) is 0.583. The number of amides is 3. The van der Waals surface area contributed by atoms with Crippen LogP contribution in [0.4, 0.5) is 4.79 Å². The molecule has 2 atom stereocenters. The highest BCUT2D eigenvalue weighted by atomic mass is 16.6. The van der Waals surface area contributed by atoms with Crippen LogP contribution in [0.25, 0.3) is 0 Å². The second-order valence-electron chi connectivity index (χ2n) is 12.9. The van der Waals surface area contributed by atoms with Gasteiger partial charge in [0.05, 0.1) is 6.54 Å². The monoisotopic (exact) mass is 603 g/mol. The first-order valence-corrected chi connectivity index (χ1v) is 16.8. The zero-order valence-corrected chi connectivity index (χ0v) is 26.2. The second kappa shape index (κ2) is 16.0. The lowest BCUT2D eigenvalue weighted by Gasteiger charge is -2.30. The van der Waals surface area contributed by atoms with Crippen LogP contribution in [0.15, 0.2) is 54.6 Å². The van der Waals surface area contributed by atoms with Crippen LogP contribution in [0, 0.1) is 5.92 Å². The molecule has 1 aliphatic heterocycles. The van der Waals surface area contributed by atoms with Crippen molar-refractivity contribution in [2.45, 2.75) is 115 Å². The molecule has 0 radical (unpaired) electrons. The molecule has 44 heavy (non-hydrogen) atoms. The van der Waals surface area contributed by atoms with E-state index in [1.165, 1.54) is 24.8 Å². The lowest BCUT2D eigenvalue weighted by molar-refractivity contribution is -0.132. The van der Waals surface area contributed by atoms with Crippen LogP contribution in [-0.4, -0.2) is 54.1 Å². The van der Waals surface area contributed by atoms with Crippen molar-refractivity contribution in [2.75, 3.05) is 13.2 Å². The Morgan fingerprint density at radius 2 is 1.64 bits per heavy atom. The SMILES string of the molecule is C[C@H](CCC(=O)N1CCOc2ccccc2C1)NC(=O)[C@H](CC1CCCCC1)NC(=O)OC1CCC(c2ccccc2)CC1. The number of carbonyl (C=O) groups is 3. The molecule has 8 heteroatoms. The summed E-state index contributed by atoms with van der Waals surface area (Å²) in [6.45, 7) is 3.46. The maximum Gasteiger partial charge on any atom is 0.408 e. The molecule has 2 fully saturated rings. The Hall–Kier alpha value is -3.55. The fourth-order valence-electron chi connectivity index (χ4n) is 7.01. The predicted molar refractivity (Wildman–Crippen MR) is 170 cm³/mol. The van der Waals surface area contributed by atoms with E-state index in [0.717, 1.165) is 49.8 Å². The van der Waals surface area contributed by atoms with Crippen molar-refractivity contribution < 1.29 is 23.9 Å². The Kier molecular flexibility index (Phi) is 11.6. The number of rotatable bonds is 10. The molecule has 8 nitrogen and oxygen atoms in total. The molecular weight excluding hydrogens is 554 g/mol. The van der Waals surface area contributed by atoms with Crippen molar-refractivity contribution in [1.82, 2.24) is 15.5 Å². The average molecular weight is 604 g/mol. The van der Waals surface area contributed by atoms with E-state index in [4.69, 9.17) is 9.47 Å². The molecule has 2 saturated carbocycles. The van der Waals surface area contributed by atoms with Crippen molar-refractivity contribution in [3.63, 3.8) is 0 Å². The van der Waals surface area contributed by atoms with Crippen molar-refractivity contribution >= 4 is 17.9 Å². The molecule has 0 unspecified atom stereocenters. The van der Waals surface area contributed by atoms with Gasteiger partial charge in [-0.2, -0.15) is 0 Å². The van der Waals surface area contributed by atoms with Crippen LogP contribution in [-0.2, 0) is 20.9 Å². The van der Waals surface area contributed by atoms with Gasteiger partial charge in [0.1, 0.15) is 24.5 Å². The number of fused-ring (bicyclic) bond motifs is 1. The van der Waals surface area contributed by atoms with Crippen molar-refractivity contribution in [3.8, 4) is 5.75 Å². The van der Waals surface area contributed by atoms with E-state index in [9.17, 15) is 14.4 Å². The summed E-state index contributed by atoms with van der Waals surface area (Å²) in [5, 5.41) is 6.01. The van der Waals surface area contributed by atoms with Crippen LogP contribution < -0.4 is 15.4 Å². The van der Waals surface area contributed by atoms with Gasteiger partial charge < -0.3 is 25.0 Å². The summed E-state index contributed by atoms with van der Waals surface area (Å²) in [6.07, 6.45) is 10.2. The Morgan fingerprint density at radius 1 is 0.909 bits per heavy atom. The molecule has 2 N–H and O–H groups in total. The highest BCUT2D eigenvalue weighted by molar-refractivity contribution is 5.86. The molecule has 2 aliphatic carbocycles. The largest absolute Gasteiger partial charge is 0.491 e. The predicted octanol–water partition coefficient (Wildman–Crippen LogP) is 6.48. The first-order valence-electron chi connectivity index (χ1n) is 16.8. The third kappa shape index (κ3) is 9.23. The standard InChI is InChI=1S/C36H49N3O5/c1-26(16-21-34(40)39-22-23-43-33-15-9-8-14-30(33)25-39)37-35(41)32(24-27-10-4-2-5-11-27)38-36(42)44-31-19-17-29(18-20-31)28-12-6-3-7-13-28/h3,6-9,12-15,26-27,29,31-32H,2,4-5,10-11,16-25H2,1H3,(H,37,41)(H,38,42)/t26-,29?,31?,32+/m1/s1. The van der Waals surface area contributed by atoms with Crippen molar-refractivity contribution in [1.29, 1.82) is 0 Å². The van der Waals surface area contributed by atoms with Crippen LogP contribution in [0.1, 0.15) is 101 Å². The Labute approximate surface area is 262 Å². The van der Waals surface area contributed by atoms with E-state index in [2.05, 4.69) is 34.9 Å². The number of alkyl carbamates (subject to hydrolysis) is 1. The van der Waals surface area contributed by atoms with E-state index in [1.807, 2.05) is 42.2 Å². The van der Waals surface area contributed by atoms with Crippen LogP contribution >= 0.6 is 0 Å². The third-order valence-electron chi connectivity index (χ3n) is 9.61. The fourth-order valence-corrected chi connectivity index (χ4v) is 7.01. The normalized spacial score (nSPS) is 22.0. The number of nitrogens with one attached hydrogen (secondary N) is 2. The van der Waals surface area contributed by atoms with Gasteiger partial charge in [0, 0.05) is 24.6 Å². The molecule has 0 bridgehead atoms. The van der Waals surface area contributed by atoms with E-state index >= 15 is 0 Å². The second-order valence-corrected chi connectivity index (χ2v) is 12.9. The van der Waals surface area contributed by atoms with Gasteiger partial charge in [-0.3, -0.25) is 9.59 Å². The number of ether oxygens (including phenoxy) is 2. The first-order chi connectivity index (χ1) is 21.4. The molecule has 5 rings (SSSR count). The lowest BCUT2D eigenvalue weighted by atomic mass is 9.83. The zero-order chi connectivity index (χ0) is 30.7. The van der Waals surface area contributed by atoms with E-state index < -0.39 is 12.1 Å².